The summed E-state index contributed by atoms with van der Waals surface area (Å²) in [4.78, 5) is 3.98. The Kier molecular flexibility index (Phi) is 4.01. The number of alkyl halides is 3. The SMILES string of the molecule is CC(C)(C)c1ccc(OCCC(F)(F)F)nc1. The summed E-state index contributed by atoms with van der Waals surface area (Å²) < 4.78 is 40.6. The van der Waals surface area contributed by atoms with Crippen LogP contribution in [-0.2, 0) is 5.41 Å². The predicted octanol–water partition coefficient (Wildman–Crippen LogP) is 3.71. The summed E-state index contributed by atoms with van der Waals surface area (Å²) in [7, 11) is 0. The van der Waals surface area contributed by atoms with Crippen molar-refractivity contribution in [2.75, 3.05) is 6.61 Å². The Labute approximate surface area is 98.8 Å². The van der Waals surface area contributed by atoms with E-state index < -0.39 is 19.2 Å². The molecule has 0 N–H and O–H groups in total. The molecular formula is C12H16F3NO. The zero-order chi connectivity index (χ0) is 13.1. The van der Waals surface area contributed by atoms with Crippen molar-refractivity contribution in [2.24, 2.45) is 0 Å². The van der Waals surface area contributed by atoms with Gasteiger partial charge in [0, 0.05) is 12.3 Å². The molecule has 0 amide bonds. The van der Waals surface area contributed by atoms with Crippen LogP contribution in [0.2, 0.25) is 0 Å². The van der Waals surface area contributed by atoms with Crippen LogP contribution in [0.15, 0.2) is 18.3 Å². The van der Waals surface area contributed by atoms with Gasteiger partial charge in [0.1, 0.15) is 0 Å². The first-order chi connectivity index (χ1) is 7.68. The lowest BCUT2D eigenvalue weighted by Crippen LogP contribution is -2.14. The topological polar surface area (TPSA) is 22.1 Å². The Balaban J connectivity index is 2.52. The van der Waals surface area contributed by atoms with Crippen LogP contribution in [0, 0.1) is 0 Å². The molecule has 0 saturated carbocycles. The average molecular weight is 247 g/mol. The van der Waals surface area contributed by atoms with Crippen LogP contribution in [-0.4, -0.2) is 17.8 Å². The quantitative estimate of drug-likeness (QED) is 0.812. The molecule has 0 radical (unpaired) electrons. The summed E-state index contributed by atoms with van der Waals surface area (Å²) >= 11 is 0. The maximum absolute atomic E-state index is 11.9. The molecule has 17 heavy (non-hydrogen) atoms. The number of nitrogens with zero attached hydrogens (tertiary/aromatic N) is 1. The van der Waals surface area contributed by atoms with E-state index in [2.05, 4.69) is 4.98 Å². The monoisotopic (exact) mass is 247 g/mol. The molecule has 0 fully saturated rings. The van der Waals surface area contributed by atoms with Crippen molar-refractivity contribution in [3.8, 4) is 5.88 Å². The summed E-state index contributed by atoms with van der Waals surface area (Å²) in [5, 5.41) is 0. The summed E-state index contributed by atoms with van der Waals surface area (Å²) in [5.41, 5.74) is 0.984. The van der Waals surface area contributed by atoms with Gasteiger partial charge in [0.15, 0.2) is 0 Å². The van der Waals surface area contributed by atoms with E-state index in [4.69, 9.17) is 4.74 Å². The molecule has 1 rings (SSSR count). The number of rotatable bonds is 3. The molecule has 0 aliphatic carbocycles. The molecule has 2 nitrogen and oxygen atoms in total. The van der Waals surface area contributed by atoms with Crippen molar-refractivity contribution in [3.63, 3.8) is 0 Å². The fourth-order valence-corrected chi connectivity index (χ4v) is 1.18. The molecule has 0 atom stereocenters. The number of halogens is 3. The number of aromatic nitrogens is 1. The largest absolute Gasteiger partial charge is 0.477 e. The summed E-state index contributed by atoms with van der Waals surface area (Å²) in [5.74, 6) is 0.224. The Morgan fingerprint density at radius 2 is 1.82 bits per heavy atom. The minimum Gasteiger partial charge on any atom is -0.477 e. The first kappa shape index (κ1) is 13.8. The van der Waals surface area contributed by atoms with Gasteiger partial charge in [-0.2, -0.15) is 13.2 Å². The van der Waals surface area contributed by atoms with Gasteiger partial charge in [0.05, 0.1) is 13.0 Å². The Morgan fingerprint density at radius 1 is 1.18 bits per heavy atom. The lowest BCUT2D eigenvalue weighted by Gasteiger charge is -2.18. The van der Waals surface area contributed by atoms with Crippen molar-refractivity contribution in [2.45, 2.75) is 38.8 Å². The molecule has 0 unspecified atom stereocenters. The van der Waals surface area contributed by atoms with Crippen LogP contribution >= 0.6 is 0 Å². The van der Waals surface area contributed by atoms with Gasteiger partial charge in [0.25, 0.3) is 0 Å². The molecule has 0 saturated heterocycles. The first-order valence-corrected chi connectivity index (χ1v) is 5.34. The molecule has 0 spiro atoms. The number of pyridine rings is 1. The zero-order valence-electron chi connectivity index (χ0n) is 10.1. The third kappa shape index (κ3) is 5.06. The highest BCUT2D eigenvalue weighted by Crippen LogP contribution is 2.23. The summed E-state index contributed by atoms with van der Waals surface area (Å²) in [6.45, 7) is 5.71. The van der Waals surface area contributed by atoms with Crippen LogP contribution in [0.3, 0.4) is 0 Å². The molecule has 1 heterocycles. The van der Waals surface area contributed by atoms with Gasteiger partial charge in [0.2, 0.25) is 5.88 Å². The maximum Gasteiger partial charge on any atom is 0.392 e. The Bertz CT molecular complexity index is 351. The zero-order valence-corrected chi connectivity index (χ0v) is 10.1. The molecule has 96 valence electrons. The highest BCUT2D eigenvalue weighted by Gasteiger charge is 2.26. The third-order valence-corrected chi connectivity index (χ3v) is 2.24. The fraction of sp³-hybridized carbons (Fsp3) is 0.583. The van der Waals surface area contributed by atoms with E-state index in [1.165, 1.54) is 0 Å². The summed E-state index contributed by atoms with van der Waals surface area (Å²) in [6, 6.07) is 3.41. The second-order valence-electron chi connectivity index (χ2n) is 4.85. The van der Waals surface area contributed by atoms with Gasteiger partial charge in [-0.05, 0) is 11.0 Å². The predicted molar refractivity (Wildman–Crippen MR) is 59.1 cm³/mol. The summed E-state index contributed by atoms with van der Waals surface area (Å²) in [6.07, 6.45) is -3.52. The van der Waals surface area contributed by atoms with E-state index in [1.54, 1.807) is 12.3 Å². The number of hydrogen-bond donors (Lipinski definition) is 0. The second-order valence-corrected chi connectivity index (χ2v) is 4.85. The molecule has 5 heteroatoms. The van der Waals surface area contributed by atoms with Gasteiger partial charge in [-0.1, -0.05) is 26.8 Å². The average Bonchev–Trinajstić information content (AvgIpc) is 2.15. The van der Waals surface area contributed by atoms with Gasteiger partial charge in [-0.3, -0.25) is 0 Å². The van der Waals surface area contributed by atoms with Gasteiger partial charge in [-0.15, -0.1) is 0 Å². The molecule has 1 aromatic heterocycles. The van der Waals surface area contributed by atoms with Crippen LogP contribution in [0.5, 0.6) is 5.88 Å². The number of ether oxygens (including phenoxy) is 1. The molecule has 0 aliphatic heterocycles. The van der Waals surface area contributed by atoms with Gasteiger partial charge in [-0.25, -0.2) is 4.98 Å². The lowest BCUT2D eigenvalue weighted by atomic mass is 9.88. The van der Waals surface area contributed by atoms with E-state index in [0.29, 0.717) is 0 Å². The van der Waals surface area contributed by atoms with E-state index in [-0.39, 0.29) is 11.3 Å². The standard InChI is InChI=1S/C12H16F3NO/c1-11(2,3)9-4-5-10(16-8-9)17-7-6-12(13,14)15/h4-5,8H,6-7H2,1-3H3. The van der Waals surface area contributed by atoms with Crippen LogP contribution in [0.1, 0.15) is 32.8 Å². The van der Waals surface area contributed by atoms with E-state index in [1.807, 2.05) is 26.8 Å². The molecule has 1 aromatic rings. The van der Waals surface area contributed by atoms with Crippen molar-refractivity contribution in [3.05, 3.63) is 23.9 Å². The fourth-order valence-electron chi connectivity index (χ4n) is 1.18. The molecule has 0 aromatic carbocycles. The first-order valence-electron chi connectivity index (χ1n) is 5.34. The smallest absolute Gasteiger partial charge is 0.392 e. The van der Waals surface area contributed by atoms with Crippen LogP contribution in [0.4, 0.5) is 13.2 Å². The van der Waals surface area contributed by atoms with E-state index in [0.717, 1.165) is 5.56 Å². The minimum atomic E-state index is -4.19. The van der Waals surface area contributed by atoms with Crippen molar-refractivity contribution in [1.82, 2.24) is 4.98 Å². The highest BCUT2D eigenvalue weighted by molar-refractivity contribution is 5.23. The van der Waals surface area contributed by atoms with Crippen LogP contribution < -0.4 is 4.74 Å². The molecule has 0 aliphatic rings. The van der Waals surface area contributed by atoms with Gasteiger partial charge >= 0.3 is 6.18 Å². The van der Waals surface area contributed by atoms with Crippen molar-refractivity contribution in [1.29, 1.82) is 0 Å². The normalized spacial score (nSPS) is 12.6. The Morgan fingerprint density at radius 3 is 2.24 bits per heavy atom. The van der Waals surface area contributed by atoms with Crippen molar-refractivity contribution >= 4 is 0 Å². The minimum absolute atomic E-state index is 0.0303. The Hall–Kier alpha value is -1.26. The highest BCUT2D eigenvalue weighted by atomic mass is 19.4. The lowest BCUT2D eigenvalue weighted by molar-refractivity contribution is -0.139. The third-order valence-electron chi connectivity index (χ3n) is 2.24. The molecule has 0 bridgehead atoms. The number of hydrogen-bond acceptors (Lipinski definition) is 2. The van der Waals surface area contributed by atoms with Crippen LogP contribution in [0.25, 0.3) is 0 Å². The van der Waals surface area contributed by atoms with Crippen molar-refractivity contribution < 1.29 is 17.9 Å². The van der Waals surface area contributed by atoms with Gasteiger partial charge < -0.3 is 4.74 Å². The second kappa shape index (κ2) is 4.94. The van der Waals surface area contributed by atoms with E-state index in [9.17, 15) is 13.2 Å². The molecular weight excluding hydrogens is 231 g/mol. The van der Waals surface area contributed by atoms with E-state index >= 15 is 0 Å². The maximum atomic E-state index is 11.9.